The van der Waals surface area contributed by atoms with Crippen LogP contribution in [0, 0.1) is 0 Å². The summed E-state index contributed by atoms with van der Waals surface area (Å²) >= 11 is 4.86. The maximum Gasteiger partial charge on any atom is 0.211 e. The van der Waals surface area contributed by atoms with Crippen molar-refractivity contribution in [1.82, 2.24) is 4.72 Å². The Labute approximate surface area is 96.7 Å². The molecule has 0 aromatic carbocycles. The van der Waals surface area contributed by atoms with Gasteiger partial charge in [-0.25, -0.2) is 13.1 Å². The van der Waals surface area contributed by atoms with E-state index in [1.807, 2.05) is 19.1 Å². The van der Waals surface area contributed by atoms with Crippen molar-refractivity contribution < 1.29 is 8.42 Å². The van der Waals surface area contributed by atoms with Gasteiger partial charge < -0.3 is 0 Å². The van der Waals surface area contributed by atoms with Gasteiger partial charge in [-0.05, 0) is 34.5 Å². The van der Waals surface area contributed by atoms with Crippen LogP contribution in [-0.4, -0.2) is 14.2 Å². The first kappa shape index (κ1) is 12.2. The molecule has 0 aliphatic heterocycles. The van der Waals surface area contributed by atoms with Gasteiger partial charge in [0.1, 0.15) is 0 Å². The third-order valence-corrected chi connectivity index (χ3v) is 4.72. The summed E-state index contributed by atoms with van der Waals surface area (Å²) in [6.07, 6.45) is 0.642. The molecule has 80 valence electrons. The number of hydrogen-bond donors (Lipinski definition) is 1. The maximum atomic E-state index is 11.3. The van der Waals surface area contributed by atoms with Crippen LogP contribution in [0.15, 0.2) is 15.9 Å². The molecule has 1 N–H and O–H groups in total. The Morgan fingerprint density at radius 1 is 1.50 bits per heavy atom. The number of hydrogen-bond acceptors (Lipinski definition) is 3. The van der Waals surface area contributed by atoms with Gasteiger partial charge in [-0.1, -0.05) is 6.92 Å². The number of rotatable bonds is 5. The summed E-state index contributed by atoms with van der Waals surface area (Å²) in [7, 11) is -3.08. The molecule has 0 atom stereocenters. The van der Waals surface area contributed by atoms with E-state index in [9.17, 15) is 8.42 Å². The standard InChI is InChI=1S/C8H12BrNO2S2/c1-2-5-14(11,12)10-6-7-3-4-8(9)13-7/h3-4,10H,2,5-6H2,1H3. The average molecular weight is 298 g/mol. The van der Waals surface area contributed by atoms with Crippen LogP contribution >= 0.6 is 27.3 Å². The van der Waals surface area contributed by atoms with E-state index in [0.717, 1.165) is 8.66 Å². The normalized spacial score (nSPS) is 11.9. The van der Waals surface area contributed by atoms with Crippen LogP contribution in [0.3, 0.4) is 0 Å². The first-order chi connectivity index (χ1) is 6.53. The minimum atomic E-state index is -3.08. The zero-order valence-corrected chi connectivity index (χ0v) is 11.0. The lowest BCUT2D eigenvalue weighted by Crippen LogP contribution is -2.25. The van der Waals surface area contributed by atoms with Crippen molar-refractivity contribution in [3.63, 3.8) is 0 Å². The lowest BCUT2D eigenvalue weighted by molar-refractivity contribution is 0.580. The highest BCUT2D eigenvalue weighted by Crippen LogP contribution is 2.21. The van der Waals surface area contributed by atoms with Gasteiger partial charge in [-0.15, -0.1) is 11.3 Å². The Morgan fingerprint density at radius 3 is 2.71 bits per heavy atom. The van der Waals surface area contributed by atoms with E-state index in [0.29, 0.717) is 13.0 Å². The molecule has 0 bridgehead atoms. The molecule has 0 spiro atoms. The van der Waals surface area contributed by atoms with Gasteiger partial charge in [-0.2, -0.15) is 0 Å². The summed E-state index contributed by atoms with van der Waals surface area (Å²) in [5, 5.41) is 0. The van der Waals surface area contributed by atoms with Crippen LogP contribution in [0.2, 0.25) is 0 Å². The van der Waals surface area contributed by atoms with E-state index in [2.05, 4.69) is 20.7 Å². The van der Waals surface area contributed by atoms with Crippen LogP contribution in [0.5, 0.6) is 0 Å². The van der Waals surface area contributed by atoms with Gasteiger partial charge >= 0.3 is 0 Å². The fourth-order valence-corrected chi connectivity index (χ4v) is 3.54. The summed E-state index contributed by atoms with van der Waals surface area (Å²) in [6.45, 7) is 2.24. The second-order valence-electron chi connectivity index (χ2n) is 2.85. The molecule has 0 aliphatic rings. The minimum Gasteiger partial charge on any atom is -0.212 e. The number of nitrogens with one attached hydrogen (secondary N) is 1. The van der Waals surface area contributed by atoms with E-state index in [4.69, 9.17) is 0 Å². The molecule has 0 saturated heterocycles. The zero-order chi connectivity index (χ0) is 10.6. The molecule has 1 aromatic heterocycles. The van der Waals surface area contributed by atoms with Gasteiger partial charge in [0, 0.05) is 11.4 Å². The quantitative estimate of drug-likeness (QED) is 0.907. The lowest BCUT2D eigenvalue weighted by atomic mass is 10.5. The monoisotopic (exact) mass is 297 g/mol. The van der Waals surface area contributed by atoms with E-state index in [-0.39, 0.29) is 5.75 Å². The van der Waals surface area contributed by atoms with Crippen LogP contribution in [-0.2, 0) is 16.6 Å². The second-order valence-corrected chi connectivity index (χ2v) is 7.32. The Kier molecular flexibility index (Phi) is 4.56. The molecule has 0 unspecified atom stereocenters. The molecule has 0 aliphatic carbocycles. The van der Waals surface area contributed by atoms with E-state index in [1.54, 1.807) is 0 Å². The molecular formula is C8H12BrNO2S2. The Bertz CT molecular complexity index is 386. The van der Waals surface area contributed by atoms with E-state index >= 15 is 0 Å². The Balaban J connectivity index is 2.48. The number of halogens is 1. The first-order valence-corrected chi connectivity index (χ1v) is 7.51. The highest BCUT2D eigenvalue weighted by atomic mass is 79.9. The predicted octanol–water partition coefficient (Wildman–Crippen LogP) is 2.34. The fourth-order valence-electron chi connectivity index (χ4n) is 0.969. The highest BCUT2D eigenvalue weighted by Gasteiger charge is 2.08. The predicted molar refractivity (Wildman–Crippen MR) is 62.9 cm³/mol. The van der Waals surface area contributed by atoms with Gasteiger partial charge in [0.15, 0.2) is 0 Å². The summed E-state index contributed by atoms with van der Waals surface area (Å²) in [4.78, 5) is 1.01. The van der Waals surface area contributed by atoms with Crippen molar-refractivity contribution in [3.05, 3.63) is 20.8 Å². The SMILES string of the molecule is CCCS(=O)(=O)NCc1ccc(Br)s1. The zero-order valence-electron chi connectivity index (χ0n) is 7.79. The molecule has 0 radical (unpaired) electrons. The fraction of sp³-hybridized carbons (Fsp3) is 0.500. The highest BCUT2D eigenvalue weighted by molar-refractivity contribution is 9.11. The summed E-state index contributed by atoms with van der Waals surface area (Å²) in [5.41, 5.74) is 0. The molecule has 1 aromatic rings. The topological polar surface area (TPSA) is 46.2 Å². The third kappa shape index (κ3) is 4.08. The first-order valence-electron chi connectivity index (χ1n) is 4.25. The lowest BCUT2D eigenvalue weighted by Gasteiger charge is -2.02. The Hall–Kier alpha value is 0.0900. The Morgan fingerprint density at radius 2 is 2.21 bits per heavy atom. The molecule has 14 heavy (non-hydrogen) atoms. The molecule has 0 amide bonds. The van der Waals surface area contributed by atoms with Gasteiger partial charge in [0.2, 0.25) is 10.0 Å². The summed E-state index contributed by atoms with van der Waals surface area (Å²) < 4.78 is 26.2. The van der Waals surface area contributed by atoms with Gasteiger partial charge in [0.05, 0.1) is 9.54 Å². The smallest absolute Gasteiger partial charge is 0.211 e. The average Bonchev–Trinajstić information content (AvgIpc) is 2.48. The number of thiophene rings is 1. The molecule has 6 heteroatoms. The van der Waals surface area contributed by atoms with Crippen LogP contribution in [0.25, 0.3) is 0 Å². The third-order valence-electron chi connectivity index (χ3n) is 1.57. The largest absolute Gasteiger partial charge is 0.212 e. The summed E-state index contributed by atoms with van der Waals surface area (Å²) in [6, 6.07) is 3.82. The van der Waals surface area contributed by atoms with Crippen molar-refractivity contribution in [2.45, 2.75) is 19.9 Å². The van der Waals surface area contributed by atoms with Gasteiger partial charge in [-0.3, -0.25) is 0 Å². The van der Waals surface area contributed by atoms with Crippen molar-refractivity contribution in [3.8, 4) is 0 Å². The van der Waals surface area contributed by atoms with E-state index < -0.39 is 10.0 Å². The maximum absolute atomic E-state index is 11.3. The summed E-state index contributed by atoms with van der Waals surface area (Å²) in [5.74, 6) is 0.194. The van der Waals surface area contributed by atoms with Crippen LogP contribution < -0.4 is 4.72 Å². The molecular weight excluding hydrogens is 286 g/mol. The molecule has 1 rings (SSSR count). The number of sulfonamides is 1. The van der Waals surface area contributed by atoms with Crippen LogP contribution in [0.1, 0.15) is 18.2 Å². The van der Waals surface area contributed by atoms with Crippen molar-refractivity contribution in [2.75, 3.05) is 5.75 Å². The van der Waals surface area contributed by atoms with Gasteiger partial charge in [0.25, 0.3) is 0 Å². The molecule has 3 nitrogen and oxygen atoms in total. The second kappa shape index (κ2) is 5.25. The molecule has 0 saturated carbocycles. The van der Waals surface area contributed by atoms with Crippen molar-refractivity contribution in [2.24, 2.45) is 0 Å². The van der Waals surface area contributed by atoms with Crippen LogP contribution in [0.4, 0.5) is 0 Å². The minimum absolute atomic E-state index is 0.194. The van der Waals surface area contributed by atoms with Crippen molar-refractivity contribution in [1.29, 1.82) is 0 Å². The van der Waals surface area contributed by atoms with Crippen molar-refractivity contribution >= 4 is 37.3 Å². The van der Waals surface area contributed by atoms with E-state index in [1.165, 1.54) is 11.3 Å². The molecule has 0 fully saturated rings. The molecule has 1 heterocycles.